The number of rotatable bonds is 5. The molecule has 0 spiro atoms. The number of nitrogens with zero attached hydrogens (tertiary/aromatic N) is 3. The van der Waals surface area contributed by atoms with E-state index in [1.54, 1.807) is 27.4 Å². The molecule has 0 radical (unpaired) electrons. The number of fused-ring (bicyclic) bond motifs is 2. The standard InChI is InChI=1S/C30H30Cl2FN3O3S/c31-27-11-9-25(40(38,39)35-14-12-21(13-15-35)20-4-2-1-3-5-20)17-29(27)36-23-7-8-24(36)19-34(18-23)30(37)26-10-6-22(33)16-28(26)32/h1-6,9-11,16-17,21,23-24H,7-8,12-15,18-19H2/t23-,24+. The molecule has 10 heteroatoms. The van der Waals surface area contributed by atoms with Crippen LogP contribution < -0.4 is 4.90 Å². The first-order chi connectivity index (χ1) is 19.2. The first-order valence-electron chi connectivity index (χ1n) is 13.6. The van der Waals surface area contributed by atoms with Crippen LogP contribution in [0.3, 0.4) is 0 Å². The van der Waals surface area contributed by atoms with Crippen molar-refractivity contribution in [2.24, 2.45) is 0 Å². The number of piperidine rings is 1. The molecule has 40 heavy (non-hydrogen) atoms. The van der Waals surface area contributed by atoms with Crippen LogP contribution in [-0.4, -0.2) is 61.8 Å². The molecule has 3 aliphatic heterocycles. The summed E-state index contributed by atoms with van der Waals surface area (Å²) in [4.78, 5) is 17.4. The minimum Gasteiger partial charge on any atom is -0.361 e. The largest absolute Gasteiger partial charge is 0.361 e. The predicted molar refractivity (Wildman–Crippen MR) is 155 cm³/mol. The summed E-state index contributed by atoms with van der Waals surface area (Å²) in [6.45, 7) is 1.84. The molecular formula is C30H30Cl2FN3O3S. The summed E-state index contributed by atoms with van der Waals surface area (Å²) in [5, 5.41) is 0.577. The molecule has 3 aromatic rings. The van der Waals surface area contributed by atoms with Crippen LogP contribution in [-0.2, 0) is 10.0 Å². The minimum atomic E-state index is -3.69. The second-order valence-corrected chi connectivity index (χ2v) is 13.6. The van der Waals surface area contributed by atoms with E-state index in [2.05, 4.69) is 17.0 Å². The Bertz CT molecular complexity index is 1520. The van der Waals surface area contributed by atoms with Crippen LogP contribution in [0, 0.1) is 5.82 Å². The van der Waals surface area contributed by atoms with Crippen molar-refractivity contribution in [3.63, 3.8) is 0 Å². The zero-order chi connectivity index (χ0) is 28.0. The van der Waals surface area contributed by atoms with Crippen molar-refractivity contribution >= 4 is 44.8 Å². The van der Waals surface area contributed by atoms with Gasteiger partial charge >= 0.3 is 0 Å². The van der Waals surface area contributed by atoms with Gasteiger partial charge in [-0.3, -0.25) is 4.79 Å². The lowest BCUT2D eigenvalue weighted by Gasteiger charge is -2.43. The van der Waals surface area contributed by atoms with Gasteiger partial charge in [-0.2, -0.15) is 4.31 Å². The van der Waals surface area contributed by atoms with Gasteiger partial charge in [-0.25, -0.2) is 12.8 Å². The third kappa shape index (κ3) is 5.11. The number of halogens is 3. The maximum absolute atomic E-state index is 13.7. The third-order valence-corrected chi connectivity index (χ3v) is 11.0. The number of benzene rings is 3. The minimum absolute atomic E-state index is 0.0148. The number of carbonyl (C=O) groups is 1. The number of likely N-dealkylation sites (tertiary alicyclic amines) is 1. The lowest BCUT2D eigenvalue weighted by Crippen LogP contribution is -2.55. The molecule has 0 unspecified atom stereocenters. The van der Waals surface area contributed by atoms with Gasteiger partial charge in [-0.1, -0.05) is 53.5 Å². The first-order valence-corrected chi connectivity index (χ1v) is 15.8. The number of anilines is 1. The van der Waals surface area contributed by atoms with Crippen LogP contribution in [0.25, 0.3) is 0 Å². The zero-order valence-electron chi connectivity index (χ0n) is 21.8. The lowest BCUT2D eigenvalue weighted by molar-refractivity contribution is 0.0718. The Labute approximate surface area is 244 Å². The fourth-order valence-corrected chi connectivity index (χ4v) is 8.40. The van der Waals surface area contributed by atoms with Gasteiger partial charge in [0.15, 0.2) is 0 Å². The Hall–Kier alpha value is -2.65. The van der Waals surface area contributed by atoms with Gasteiger partial charge in [0, 0.05) is 38.3 Å². The second kappa shape index (κ2) is 11.0. The molecule has 0 N–H and O–H groups in total. The molecular weight excluding hydrogens is 572 g/mol. The average Bonchev–Trinajstić information content (AvgIpc) is 3.21. The van der Waals surface area contributed by atoms with Gasteiger partial charge in [0.05, 0.1) is 26.2 Å². The number of sulfonamides is 1. The number of carbonyl (C=O) groups excluding carboxylic acids is 1. The maximum atomic E-state index is 13.7. The van der Waals surface area contributed by atoms with E-state index in [4.69, 9.17) is 23.2 Å². The lowest BCUT2D eigenvalue weighted by atomic mass is 9.90. The molecule has 0 aliphatic carbocycles. The highest BCUT2D eigenvalue weighted by Crippen LogP contribution is 2.41. The number of hydrogen-bond acceptors (Lipinski definition) is 4. The van der Waals surface area contributed by atoms with Gasteiger partial charge < -0.3 is 9.80 Å². The molecule has 0 aromatic heterocycles. The molecule has 3 aliphatic rings. The van der Waals surface area contributed by atoms with Crippen LogP contribution >= 0.6 is 23.2 Å². The Balaban J connectivity index is 1.19. The topological polar surface area (TPSA) is 60.9 Å². The molecule has 210 valence electrons. The van der Waals surface area contributed by atoms with Gasteiger partial charge in [0.2, 0.25) is 10.0 Å². The molecule has 2 bridgehead atoms. The monoisotopic (exact) mass is 601 g/mol. The van der Waals surface area contributed by atoms with Gasteiger partial charge in [0.25, 0.3) is 5.91 Å². The maximum Gasteiger partial charge on any atom is 0.255 e. The normalized spacial score (nSPS) is 22.1. The molecule has 3 saturated heterocycles. The number of piperazine rings is 1. The van der Waals surface area contributed by atoms with Crippen molar-refractivity contribution in [1.82, 2.24) is 9.21 Å². The van der Waals surface area contributed by atoms with Crippen molar-refractivity contribution < 1.29 is 17.6 Å². The second-order valence-electron chi connectivity index (χ2n) is 10.8. The van der Waals surface area contributed by atoms with Crippen LogP contribution in [0.5, 0.6) is 0 Å². The smallest absolute Gasteiger partial charge is 0.255 e. The summed E-state index contributed by atoms with van der Waals surface area (Å²) in [6, 6.07) is 19.0. The molecule has 3 heterocycles. The van der Waals surface area contributed by atoms with E-state index >= 15 is 0 Å². The third-order valence-electron chi connectivity index (χ3n) is 8.49. The number of hydrogen-bond donors (Lipinski definition) is 0. The molecule has 6 nitrogen and oxygen atoms in total. The van der Waals surface area contributed by atoms with E-state index in [9.17, 15) is 17.6 Å². The van der Waals surface area contributed by atoms with E-state index < -0.39 is 15.8 Å². The summed E-state index contributed by atoms with van der Waals surface area (Å²) < 4.78 is 42.5. The SMILES string of the molecule is O=C(c1ccc(F)cc1Cl)N1C[C@H]2CC[C@@H](C1)N2c1cc(S(=O)(=O)N2CCC(c3ccccc3)CC2)ccc1Cl. The van der Waals surface area contributed by atoms with Gasteiger partial charge in [-0.05, 0) is 73.6 Å². The molecule has 1 amide bonds. The van der Waals surface area contributed by atoms with E-state index in [0.717, 1.165) is 31.7 Å². The summed E-state index contributed by atoms with van der Waals surface area (Å²) in [7, 11) is -3.69. The highest BCUT2D eigenvalue weighted by atomic mass is 35.5. The van der Waals surface area contributed by atoms with E-state index in [1.807, 2.05) is 18.2 Å². The highest BCUT2D eigenvalue weighted by Gasteiger charge is 2.43. The Morgan fingerprint density at radius 1 is 0.825 bits per heavy atom. The van der Waals surface area contributed by atoms with Crippen LogP contribution in [0.4, 0.5) is 10.1 Å². The summed E-state index contributed by atoms with van der Waals surface area (Å²) >= 11 is 12.8. The van der Waals surface area contributed by atoms with Gasteiger partial charge in [0.1, 0.15) is 5.82 Å². The van der Waals surface area contributed by atoms with E-state index in [1.165, 1.54) is 17.7 Å². The molecule has 3 aromatic carbocycles. The fraction of sp³-hybridized carbons (Fsp3) is 0.367. The molecule has 6 rings (SSSR count). The fourth-order valence-electron chi connectivity index (χ4n) is 6.45. The van der Waals surface area contributed by atoms with E-state index in [-0.39, 0.29) is 33.5 Å². The quantitative estimate of drug-likeness (QED) is 0.349. The number of amides is 1. The summed E-state index contributed by atoms with van der Waals surface area (Å²) in [5.74, 6) is -0.368. The molecule has 2 atom stereocenters. The van der Waals surface area contributed by atoms with Crippen molar-refractivity contribution in [2.75, 3.05) is 31.1 Å². The van der Waals surface area contributed by atoms with Crippen molar-refractivity contribution in [3.8, 4) is 0 Å². The highest BCUT2D eigenvalue weighted by molar-refractivity contribution is 7.89. The Morgan fingerprint density at radius 3 is 2.15 bits per heavy atom. The summed E-state index contributed by atoms with van der Waals surface area (Å²) in [5.41, 5.74) is 2.21. The summed E-state index contributed by atoms with van der Waals surface area (Å²) in [6.07, 6.45) is 3.27. The molecule has 3 fully saturated rings. The van der Waals surface area contributed by atoms with Crippen LogP contribution in [0.2, 0.25) is 10.0 Å². The van der Waals surface area contributed by atoms with Crippen molar-refractivity contribution in [1.29, 1.82) is 0 Å². The predicted octanol–water partition coefficient (Wildman–Crippen LogP) is 6.19. The Kier molecular flexibility index (Phi) is 7.55. The van der Waals surface area contributed by atoms with Crippen LogP contribution in [0.1, 0.15) is 47.5 Å². The van der Waals surface area contributed by atoms with Crippen molar-refractivity contribution in [3.05, 3.63) is 93.7 Å². The van der Waals surface area contributed by atoms with Gasteiger partial charge in [-0.15, -0.1) is 0 Å². The average molecular weight is 603 g/mol. The van der Waals surface area contributed by atoms with Crippen molar-refractivity contribution in [2.45, 2.75) is 48.6 Å². The zero-order valence-corrected chi connectivity index (χ0v) is 24.2. The Morgan fingerprint density at radius 2 is 1.50 bits per heavy atom. The molecule has 0 saturated carbocycles. The first kappa shape index (κ1) is 27.5. The van der Waals surface area contributed by atoms with Crippen LogP contribution in [0.15, 0.2) is 71.6 Å². The van der Waals surface area contributed by atoms with E-state index in [0.29, 0.717) is 42.8 Å².